The highest BCUT2D eigenvalue weighted by atomic mass is 32.2. The Kier molecular flexibility index (Phi) is 3.70. The van der Waals surface area contributed by atoms with Crippen molar-refractivity contribution >= 4 is 11.8 Å². The van der Waals surface area contributed by atoms with Crippen LogP contribution in [0.5, 0.6) is 0 Å². The van der Waals surface area contributed by atoms with Gasteiger partial charge in [0.2, 0.25) is 0 Å². The third-order valence-corrected chi connectivity index (χ3v) is 3.46. The number of thioether (sulfide) groups is 1. The Bertz CT molecular complexity index is 322. The summed E-state index contributed by atoms with van der Waals surface area (Å²) in [4.78, 5) is 4.64. The predicted molar refractivity (Wildman–Crippen MR) is 65.3 cm³/mol. The van der Waals surface area contributed by atoms with Gasteiger partial charge in [0.15, 0.2) is 0 Å². The molecule has 0 saturated heterocycles. The van der Waals surface area contributed by atoms with E-state index >= 15 is 0 Å². The van der Waals surface area contributed by atoms with Crippen LogP contribution in [0, 0.1) is 6.92 Å². The summed E-state index contributed by atoms with van der Waals surface area (Å²) in [7, 11) is 0. The van der Waals surface area contributed by atoms with Gasteiger partial charge in [-0.15, -0.1) is 0 Å². The molecular weight excluding hydrogens is 206 g/mol. The largest absolute Gasteiger partial charge is 0.333 e. The van der Waals surface area contributed by atoms with Crippen LogP contribution in [0.25, 0.3) is 0 Å². The van der Waals surface area contributed by atoms with Crippen molar-refractivity contribution in [3.63, 3.8) is 0 Å². The Morgan fingerprint density at radius 2 is 2.53 bits per heavy atom. The van der Waals surface area contributed by atoms with Crippen molar-refractivity contribution < 1.29 is 0 Å². The molecule has 1 aliphatic rings. The average molecular weight is 225 g/mol. The number of rotatable bonds is 3. The third-order valence-electron chi connectivity index (χ3n) is 2.82. The molecular formula is C11H19N3S. The summed E-state index contributed by atoms with van der Waals surface area (Å²) in [5.41, 5.74) is 1.14. The first-order chi connectivity index (χ1) is 7.31. The summed E-state index contributed by atoms with van der Waals surface area (Å²) in [6, 6.07) is 0.452. The van der Waals surface area contributed by atoms with Gasteiger partial charge in [-0.2, -0.15) is 11.8 Å². The van der Waals surface area contributed by atoms with E-state index in [0.717, 1.165) is 18.8 Å². The van der Waals surface area contributed by atoms with Crippen LogP contribution in [-0.4, -0.2) is 28.1 Å². The fraction of sp³-hybridized carbons (Fsp3) is 0.727. The number of aromatic nitrogens is 2. The molecule has 0 amide bonds. The molecule has 0 bridgehead atoms. The van der Waals surface area contributed by atoms with E-state index in [1.807, 2.05) is 11.8 Å². The van der Waals surface area contributed by atoms with Crippen molar-refractivity contribution in [1.29, 1.82) is 0 Å². The highest BCUT2D eigenvalue weighted by molar-refractivity contribution is 7.98. The normalized spacial score (nSPS) is 21.1. The van der Waals surface area contributed by atoms with Gasteiger partial charge in [0.05, 0.1) is 11.7 Å². The first kappa shape index (κ1) is 11.0. The van der Waals surface area contributed by atoms with Gasteiger partial charge in [0, 0.05) is 12.7 Å². The lowest BCUT2D eigenvalue weighted by atomic mass is 10.2. The van der Waals surface area contributed by atoms with Crippen LogP contribution < -0.4 is 5.32 Å². The number of hydrogen-bond donors (Lipinski definition) is 1. The average Bonchev–Trinajstić information content (AvgIpc) is 2.49. The molecule has 0 saturated carbocycles. The molecule has 1 aromatic rings. The van der Waals surface area contributed by atoms with Gasteiger partial charge in [-0.05, 0) is 38.3 Å². The number of nitrogens with one attached hydrogen (secondary N) is 1. The minimum Gasteiger partial charge on any atom is -0.333 e. The minimum absolute atomic E-state index is 0.452. The zero-order valence-electron chi connectivity index (χ0n) is 9.49. The molecule has 84 valence electrons. The van der Waals surface area contributed by atoms with Gasteiger partial charge in [-0.25, -0.2) is 4.98 Å². The van der Waals surface area contributed by atoms with Gasteiger partial charge in [0.1, 0.15) is 5.82 Å². The van der Waals surface area contributed by atoms with Crippen LogP contribution in [0.2, 0.25) is 0 Å². The van der Waals surface area contributed by atoms with E-state index < -0.39 is 0 Å². The molecule has 0 spiro atoms. The second kappa shape index (κ2) is 5.03. The monoisotopic (exact) mass is 225 g/mol. The molecule has 2 rings (SSSR count). The van der Waals surface area contributed by atoms with Crippen LogP contribution in [0.4, 0.5) is 0 Å². The van der Waals surface area contributed by atoms with Crippen LogP contribution in [-0.2, 0) is 6.54 Å². The van der Waals surface area contributed by atoms with Gasteiger partial charge in [-0.3, -0.25) is 0 Å². The van der Waals surface area contributed by atoms with E-state index in [1.165, 1.54) is 24.4 Å². The summed E-state index contributed by atoms with van der Waals surface area (Å²) >= 11 is 1.91. The third kappa shape index (κ3) is 2.55. The summed E-state index contributed by atoms with van der Waals surface area (Å²) in [5.74, 6) is 2.43. The van der Waals surface area contributed by atoms with E-state index in [4.69, 9.17) is 0 Å². The Labute approximate surface area is 95.7 Å². The fourth-order valence-corrected chi connectivity index (χ4v) is 2.58. The molecule has 0 unspecified atom stereocenters. The van der Waals surface area contributed by atoms with Crippen LogP contribution in [0.15, 0.2) is 6.20 Å². The van der Waals surface area contributed by atoms with E-state index in [1.54, 1.807) is 0 Å². The zero-order valence-corrected chi connectivity index (χ0v) is 10.3. The van der Waals surface area contributed by atoms with Crippen molar-refractivity contribution in [3.05, 3.63) is 17.7 Å². The Morgan fingerprint density at radius 3 is 3.33 bits per heavy atom. The lowest BCUT2D eigenvalue weighted by molar-refractivity contribution is 0.517. The summed E-state index contributed by atoms with van der Waals surface area (Å²) in [6.07, 6.45) is 6.72. The highest BCUT2D eigenvalue weighted by Gasteiger charge is 2.19. The van der Waals surface area contributed by atoms with Crippen molar-refractivity contribution in [2.75, 3.05) is 18.6 Å². The van der Waals surface area contributed by atoms with E-state index in [-0.39, 0.29) is 0 Å². The van der Waals surface area contributed by atoms with Gasteiger partial charge in [-0.1, -0.05) is 0 Å². The number of fused-ring (bicyclic) bond motifs is 1. The molecule has 0 aliphatic carbocycles. The smallest absolute Gasteiger partial charge is 0.126 e. The maximum Gasteiger partial charge on any atom is 0.126 e. The number of hydrogen-bond acceptors (Lipinski definition) is 3. The second-order valence-electron chi connectivity index (χ2n) is 4.08. The molecule has 0 fully saturated rings. The first-order valence-electron chi connectivity index (χ1n) is 5.57. The molecule has 4 heteroatoms. The van der Waals surface area contributed by atoms with Gasteiger partial charge < -0.3 is 9.88 Å². The molecule has 15 heavy (non-hydrogen) atoms. The van der Waals surface area contributed by atoms with E-state index in [0.29, 0.717) is 6.04 Å². The molecule has 1 N–H and O–H groups in total. The topological polar surface area (TPSA) is 29.9 Å². The van der Waals surface area contributed by atoms with Crippen LogP contribution in [0.1, 0.15) is 30.4 Å². The zero-order chi connectivity index (χ0) is 10.7. The molecule has 2 heterocycles. The van der Waals surface area contributed by atoms with Crippen molar-refractivity contribution in [2.24, 2.45) is 0 Å². The maximum atomic E-state index is 4.64. The molecule has 0 radical (unpaired) electrons. The molecule has 3 nitrogen and oxygen atoms in total. The summed E-state index contributed by atoms with van der Waals surface area (Å²) in [5, 5.41) is 3.59. The fourth-order valence-electron chi connectivity index (χ4n) is 2.11. The van der Waals surface area contributed by atoms with Crippen LogP contribution in [0.3, 0.4) is 0 Å². The van der Waals surface area contributed by atoms with Gasteiger partial charge >= 0.3 is 0 Å². The van der Waals surface area contributed by atoms with Crippen molar-refractivity contribution in [2.45, 2.75) is 32.4 Å². The predicted octanol–water partition coefficient (Wildman–Crippen LogP) is 1.98. The Morgan fingerprint density at radius 1 is 1.67 bits per heavy atom. The maximum absolute atomic E-state index is 4.64. The minimum atomic E-state index is 0.452. The molecule has 1 atom stereocenters. The highest BCUT2D eigenvalue weighted by Crippen LogP contribution is 2.21. The number of nitrogens with zero attached hydrogens (tertiary/aromatic N) is 2. The van der Waals surface area contributed by atoms with Crippen molar-refractivity contribution in [3.8, 4) is 0 Å². The first-order valence-corrected chi connectivity index (χ1v) is 6.96. The van der Waals surface area contributed by atoms with Crippen molar-refractivity contribution in [1.82, 2.24) is 14.9 Å². The van der Waals surface area contributed by atoms with Crippen LogP contribution >= 0.6 is 11.8 Å². The lowest BCUT2D eigenvalue weighted by Gasteiger charge is -2.14. The number of aryl methyl sites for hydroxylation is 2. The Hall–Kier alpha value is -0.480. The number of imidazole rings is 1. The summed E-state index contributed by atoms with van der Waals surface area (Å²) in [6.45, 7) is 4.30. The standard InChI is InChI=1S/C11H19N3S/c1-9-8-14-6-3-5-12-10(4-7-15-2)11(14)13-9/h8,10,12H,3-7H2,1-2H3/t10-/m0/s1. The quantitative estimate of drug-likeness (QED) is 0.853. The SMILES string of the molecule is CSCC[C@@H]1NCCCn2cc(C)nc21. The summed E-state index contributed by atoms with van der Waals surface area (Å²) < 4.78 is 2.32. The molecule has 1 aliphatic heterocycles. The molecule has 1 aromatic heterocycles. The van der Waals surface area contributed by atoms with Gasteiger partial charge in [0.25, 0.3) is 0 Å². The molecule has 0 aromatic carbocycles. The van der Waals surface area contributed by atoms with E-state index in [9.17, 15) is 0 Å². The van der Waals surface area contributed by atoms with E-state index in [2.05, 4.69) is 34.2 Å². The second-order valence-corrected chi connectivity index (χ2v) is 5.06. The lowest BCUT2D eigenvalue weighted by Crippen LogP contribution is -2.22. The Balaban J connectivity index is 2.16.